The number of halogens is 2. The van der Waals surface area contributed by atoms with Crippen molar-refractivity contribution in [3.05, 3.63) is 19.4 Å². The van der Waals surface area contributed by atoms with Crippen molar-refractivity contribution in [2.45, 2.75) is 24.9 Å². The van der Waals surface area contributed by atoms with Crippen LogP contribution in [0.2, 0.25) is 0 Å². The molecular weight excluding hydrogens is 649 g/mol. The summed E-state index contributed by atoms with van der Waals surface area (Å²) in [5.41, 5.74) is 5.14. The Morgan fingerprint density at radius 2 is 1.82 bits per heavy atom. The van der Waals surface area contributed by atoms with Crippen molar-refractivity contribution in [2.75, 3.05) is 12.3 Å². The zero-order valence-electron chi connectivity index (χ0n) is 15.7. The van der Waals surface area contributed by atoms with Gasteiger partial charge in [0.1, 0.15) is 16.9 Å². The standard InChI is InChI=1S/C11H15Br2N4O13P3/c12-7-6-9(15-11(14)16-10(6)19)17(8(7)13)5-1-3(18)4(28-5)2-27-32(23,24)30-33(25,26)29-31(20,21)22/h3-5,18H,1-2H2,(H,23,24)(H,25,26)(H2,20,21,22)(H3,14,15,16,19)/t3-,4+,5+/m0/s1. The molecule has 0 bridgehead atoms. The topological polar surface area (TPSA) is 266 Å². The Morgan fingerprint density at radius 3 is 2.42 bits per heavy atom. The van der Waals surface area contributed by atoms with Crippen LogP contribution in [0.3, 0.4) is 0 Å². The van der Waals surface area contributed by atoms with Crippen LogP contribution in [0.5, 0.6) is 0 Å². The molecule has 5 atom stereocenters. The summed E-state index contributed by atoms with van der Waals surface area (Å²) in [4.78, 5) is 54.4. The third kappa shape index (κ3) is 6.39. The first-order valence-corrected chi connectivity index (χ1v) is 14.5. The lowest BCUT2D eigenvalue weighted by molar-refractivity contribution is -0.0428. The van der Waals surface area contributed by atoms with Gasteiger partial charge in [-0.25, -0.2) is 13.7 Å². The van der Waals surface area contributed by atoms with Crippen LogP contribution < -0.4 is 11.3 Å². The van der Waals surface area contributed by atoms with E-state index in [2.05, 4.69) is 55.0 Å². The lowest BCUT2D eigenvalue weighted by Gasteiger charge is -2.19. The second-order valence-electron chi connectivity index (χ2n) is 6.44. The third-order valence-corrected chi connectivity index (χ3v) is 9.95. The molecule has 17 nitrogen and oxygen atoms in total. The summed E-state index contributed by atoms with van der Waals surface area (Å²) in [6.07, 6.45) is -3.63. The molecule has 3 rings (SSSR count). The minimum absolute atomic E-state index is 0.0979. The number of fused-ring (bicyclic) bond motifs is 1. The van der Waals surface area contributed by atoms with E-state index in [1.807, 2.05) is 0 Å². The maximum Gasteiger partial charge on any atom is 0.490 e. The quantitative estimate of drug-likeness (QED) is 0.193. The van der Waals surface area contributed by atoms with Crippen LogP contribution in [0, 0.1) is 0 Å². The van der Waals surface area contributed by atoms with E-state index in [1.165, 1.54) is 4.57 Å². The first-order chi connectivity index (χ1) is 15.0. The first kappa shape index (κ1) is 27.1. The molecule has 2 aromatic rings. The molecule has 186 valence electrons. The Kier molecular flexibility index (Phi) is 7.82. The Morgan fingerprint density at radius 1 is 1.18 bits per heavy atom. The number of aliphatic hydroxyl groups is 1. The van der Waals surface area contributed by atoms with Crippen LogP contribution in [-0.4, -0.2) is 58.0 Å². The minimum Gasteiger partial charge on any atom is -0.390 e. The van der Waals surface area contributed by atoms with Gasteiger partial charge in [0, 0.05) is 6.42 Å². The van der Waals surface area contributed by atoms with E-state index in [0.717, 1.165) is 0 Å². The molecule has 0 radical (unpaired) electrons. The van der Waals surface area contributed by atoms with Crippen molar-refractivity contribution in [2.24, 2.45) is 0 Å². The fourth-order valence-corrected chi connectivity index (χ4v) is 7.08. The average Bonchev–Trinajstić information content (AvgIpc) is 3.07. The molecular formula is C11H15Br2N4O13P3. The second-order valence-corrected chi connectivity index (χ2v) is 12.4. The van der Waals surface area contributed by atoms with Gasteiger partial charge in [-0.15, -0.1) is 0 Å². The number of aliphatic hydroxyl groups excluding tert-OH is 1. The van der Waals surface area contributed by atoms with E-state index in [4.69, 9.17) is 25.2 Å². The van der Waals surface area contributed by atoms with Gasteiger partial charge in [-0.3, -0.25) is 18.9 Å². The van der Waals surface area contributed by atoms with Gasteiger partial charge in [-0.1, -0.05) is 0 Å². The van der Waals surface area contributed by atoms with Crippen molar-refractivity contribution < 1.29 is 56.3 Å². The van der Waals surface area contributed by atoms with E-state index in [0.29, 0.717) is 9.08 Å². The van der Waals surface area contributed by atoms with Crippen LogP contribution in [0.25, 0.3) is 11.0 Å². The lowest BCUT2D eigenvalue weighted by Crippen LogP contribution is -2.26. The third-order valence-electron chi connectivity index (χ3n) is 4.07. The molecule has 22 heteroatoms. The van der Waals surface area contributed by atoms with Crippen LogP contribution in [0.1, 0.15) is 12.6 Å². The van der Waals surface area contributed by atoms with Crippen LogP contribution in [0.15, 0.2) is 13.9 Å². The van der Waals surface area contributed by atoms with E-state index in [-0.39, 0.29) is 23.4 Å². The van der Waals surface area contributed by atoms with Crippen LogP contribution >= 0.6 is 55.3 Å². The van der Waals surface area contributed by atoms with Gasteiger partial charge in [-0.05, 0) is 31.9 Å². The number of H-pyrrole nitrogens is 1. The highest BCUT2D eigenvalue weighted by molar-refractivity contribution is 9.13. The van der Waals surface area contributed by atoms with Crippen LogP contribution in [-0.2, 0) is 31.6 Å². The Bertz CT molecular complexity index is 1280. The Labute approximate surface area is 199 Å². The summed E-state index contributed by atoms with van der Waals surface area (Å²) in [6, 6.07) is 0. The molecule has 0 spiro atoms. The van der Waals surface area contributed by atoms with Gasteiger partial charge in [0.2, 0.25) is 5.95 Å². The zero-order valence-corrected chi connectivity index (χ0v) is 21.6. The van der Waals surface area contributed by atoms with Crippen molar-refractivity contribution in [1.82, 2.24) is 14.5 Å². The molecule has 2 unspecified atom stereocenters. The van der Waals surface area contributed by atoms with Crippen LogP contribution in [0.4, 0.5) is 5.95 Å². The van der Waals surface area contributed by atoms with E-state index < -0.39 is 54.1 Å². The highest BCUT2D eigenvalue weighted by Crippen LogP contribution is 2.66. The summed E-state index contributed by atoms with van der Waals surface area (Å²) in [7, 11) is -16.6. The van der Waals surface area contributed by atoms with E-state index >= 15 is 0 Å². The second kappa shape index (κ2) is 9.52. The number of ether oxygens (including phenoxy) is 1. The Balaban J connectivity index is 1.75. The number of aromatic amines is 1. The SMILES string of the molecule is Nc1nc2c(c(Br)c(Br)n2[C@H]2C[C@H](O)[C@@H](COP(=O)(O)OP(=O)(O)OP(=O)(O)O)O2)c(=O)[nH]1. The predicted octanol–water partition coefficient (Wildman–Crippen LogP) is 0.823. The van der Waals surface area contributed by atoms with E-state index in [9.17, 15) is 28.5 Å². The zero-order chi connectivity index (χ0) is 24.9. The molecule has 0 saturated carbocycles. The van der Waals surface area contributed by atoms with E-state index in [1.54, 1.807) is 0 Å². The van der Waals surface area contributed by atoms with Crippen molar-refractivity contribution in [1.29, 1.82) is 0 Å². The van der Waals surface area contributed by atoms with Gasteiger partial charge in [0.25, 0.3) is 5.56 Å². The minimum atomic E-state index is -5.69. The number of rotatable bonds is 8. The number of anilines is 1. The number of hydrogen-bond acceptors (Lipinski definition) is 11. The average molecular weight is 664 g/mol. The summed E-state index contributed by atoms with van der Waals surface area (Å²) in [5, 5.41) is 10.4. The molecule has 1 saturated heterocycles. The molecule has 1 fully saturated rings. The smallest absolute Gasteiger partial charge is 0.390 e. The monoisotopic (exact) mass is 662 g/mol. The summed E-state index contributed by atoms with van der Waals surface area (Å²) < 4.78 is 53.2. The lowest BCUT2D eigenvalue weighted by atomic mass is 10.2. The fraction of sp³-hybridized carbons (Fsp3) is 0.455. The maximum atomic E-state index is 12.2. The molecule has 1 aliphatic rings. The highest BCUT2D eigenvalue weighted by Gasteiger charge is 2.43. The number of aromatic nitrogens is 3. The number of phosphoric acid groups is 3. The van der Waals surface area contributed by atoms with Crippen molar-refractivity contribution >= 4 is 72.3 Å². The normalized spacial score (nSPS) is 25.2. The molecule has 0 aromatic carbocycles. The molecule has 3 heterocycles. The molecule has 1 aliphatic heterocycles. The number of hydrogen-bond donors (Lipinski definition) is 7. The molecule has 0 aliphatic carbocycles. The van der Waals surface area contributed by atoms with Crippen molar-refractivity contribution in [3.63, 3.8) is 0 Å². The Hall–Kier alpha value is -0.490. The summed E-state index contributed by atoms with van der Waals surface area (Å²) in [6.45, 7) is -0.852. The number of nitrogens with one attached hydrogen (secondary N) is 1. The molecule has 8 N–H and O–H groups in total. The number of nitrogen functional groups attached to an aromatic ring is 1. The number of nitrogens with zero attached hydrogens (tertiary/aromatic N) is 2. The van der Waals surface area contributed by atoms with Gasteiger partial charge in [-0.2, -0.15) is 13.6 Å². The van der Waals surface area contributed by atoms with Gasteiger partial charge in [0.05, 0.1) is 22.6 Å². The van der Waals surface area contributed by atoms with Gasteiger partial charge >= 0.3 is 23.5 Å². The summed E-state index contributed by atoms with van der Waals surface area (Å²) >= 11 is 6.52. The molecule has 33 heavy (non-hydrogen) atoms. The molecule has 2 aromatic heterocycles. The maximum absolute atomic E-state index is 12.2. The first-order valence-electron chi connectivity index (χ1n) is 8.36. The molecule has 0 amide bonds. The van der Waals surface area contributed by atoms with Gasteiger partial charge < -0.3 is 35.2 Å². The predicted molar refractivity (Wildman–Crippen MR) is 115 cm³/mol. The highest BCUT2D eigenvalue weighted by atomic mass is 79.9. The summed E-state index contributed by atoms with van der Waals surface area (Å²) in [5.74, 6) is -0.186. The fourth-order valence-electron chi connectivity index (χ4n) is 2.91. The van der Waals surface area contributed by atoms with Gasteiger partial charge in [0.15, 0.2) is 5.65 Å². The van der Waals surface area contributed by atoms with Crippen molar-refractivity contribution in [3.8, 4) is 0 Å². The number of nitrogens with two attached hydrogens (primary N) is 1. The largest absolute Gasteiger partial charge is 0.490 e. The number of phosphoric ester groups is 1.